The van der Waals surface area contributed by atoms with Crippen molar-refractivity contribution in [3.63, 3.8) is 0 Å². The van der Waals surface area contributed by atoms with Crippen LogP contribution in [0.15, 0.2) is 53.8 Å². The lowest BCUT2D eigenvalue weighted by Gasteiger charge is -2.24. The predicted octanol–water partition coefficient (Wildman–Crippen LogP) is 0.537. The molecule has 5 aromatic heterocycles. The van der Waals surface area contributed by atoms with Crippen LogP contribution in [0.1, 0.15) is 18.4 Å². The van der Waals surface area contributed by atoms with Gasteiger partial charge in [-0.05, 0) is 6.92 Å². The van der Waals surface area contributed by atoms with Gasteiger partial charge in [-0.15, -0.1) is 6.58 Å². The molecule has 0 radical (unpaired) electrons. The predicted molar refractivity (Wildman–Crippen MR) is 233 cm³/mol. The van der Waals surface area contributed by atoms with Crippen molar-refractivity contribution >= 4 is 87.8 Å². The first kappa shape index (κ1) is 44.7. The second-order valence-corrected chi connectivity index (χ2v) is 16.2. The van der Waals surface area contributed by atoms with Gasteiger partial charge in [0.1, 0.15) is 30.2 Å². The SMILES string of the molecule is C=CCN(CCSCCC(=O)N(CCSCCC(=O)N(CCS)CCn1cnc2c(N)ncnc21)CCn1cnc2c(N)ncnc21)C(=O)Cn1cc(C)c(=O)[nH]c1=O. The number of carbonyl (C=O) groups is 3. The van der Waals surface area contributed by atoms with Crippen molar-refractivity contribution in [3.8, 4) is 0 Å². The number of thiol groups is 1. The first-order chi connectivity index (χ1) is 28.5. The van der Waals surface area contributed by atoms with Crippen molar-refractivity contribution in [1.29, 1.82) is 0 Å². The number of nitrogen functional groups attached to an aromatic ring is 2. The summed E-state index contributed by atoms with van der Waals surface area (Å²) < 4.78 is 4.87. The highest BCUT2D eigenvalue weighted by Gasteiger charge is 2.19. The molecule has 3 amide bonds. The number of amides is 3. The number of aryl methyl sites for hydroxylation is 1. The smallest absolute Gasteiger partial charge is 0.328 e. The Morgan fingerprint density at radius 2 is 1.27 bits per heavy atom. The molecule has 5 aromatic rings. The van der Waals surface area contributed by atoms with Gasteiger partial charge in [0.15, 0.2) is 22.9 Å². The maximum Gasteiger partial charge on any atom is 0.328 e. The van der Waals surface area contributed by atoms with E-state index in [9.17, 15) is 24.0 Å². The van der Waals surface area contributed by atoms with Gasteiger partial charge in [-0.25, -0.2) is 34.7 Å². The topological polar surface area (TPSA) is 255 Å². The van der Waals surface area contributed by atoms with Gasteiger partial charge in [0, 0.05) is 106 Å². The van der Waals surface area contributed by atoms with E-state index in [4.69, 9.17) is 11.5 Å². The number of aromatic nitrogens is 10. The number of H-pyrrole nitrogens is 1. The monoisotopic (exact) mass is 867 g/mol. The van der Waals surface area contributed by atoms with Crippen molar-refractivity contribution in [2.75, 3.05) is 79.5 Å². The van der Waals surface area contributed by atoms with Gasteiger partial charge in [0.05, 0.1) is 12.7 Å². The maximum absolute atomic E-state index is 13.6. The molecule has 0 aliphatic carbocycles. The summed E-state index contributed by atoms with van der Waals surface area (Å²) in [5.41, 5.74) is 13.3. The maximum atomic E-state index is 13.6. The average Bonchev–Trinajstić information content (AvgIpc) is 3.84. The highest BCUT2D eigenvalue weighted by atomic mass is 32.2. The summed E-state index contributed by atoms with van der Waals surface area (Å²) in [6.07, 6.45) is 9.63. The number of hydrogen-bond donors (Lipinski definition) is 4. The van der Waals surface area contributed by atoms with Gasteiger partial charge in [0.25, 0.3) is 5.56 Å². The third-order valence-electron chi connectivity index (χ3n) is 9.28. The highest BCUT2D eigenvalue weighted by Crippen LogP contribution is 2.16. The number of fused-ring (bicyclic) bond motifs is 2. The zero-order valence-corrected chi connectivity index (χ0v) is 35.3. The minimum absolute atomic E-state index is 0.0112. The molecule has 0 saturated heterocycles. The number of carbonyl (C=O) groups excluding carboxylic acids is 3. The minimum Gasteiger partial charge on any atom is -0.382 e. The minimum atomic E-state index is -0.652. The van der Waals surface area contributed by atoms with Crippen molar-refractivity contribution in [1.82, 2.24) is 63.3 Å². The zero-order chi connectivity index (χ0) is 42.3. The standard InChI is InChI=1S/C36H49N15O5S3/c1-3-6-46(28(54)20-51-19-25(2)35(55)45-36(51)56)12-17-58-16-5-27(53)48(8-10-50-24-44-30-32(38)40-22-42-34(30)50)13-18-59-15-4-26(52)47(11-14-57)7-9-49-23-43-29-31(37)39-21-41-33(29)49/h3,19,21-24,57H,1,4-18,20H2,2H3,(H2,37,39,41)(H2,38,40,42)(H,45,55,56). The number of nitrogens with zero attached hydrogens (tertiary/aromatic N) is 12. The lowest BCUT2D eigenvalue weighted by Crippen LogP contribution is -2.40. The van der Waals surface area contributed by atoms with Crippen LogP contribution in [0.3, 0.4) is 0 Å². The van der Waals surface area contributed by atoms with Gasteiger partial charge >= 0.3 is 5.69 Å². The lowest BCUT2D eigenvalue weighted by atomic mass is 10.3. The summed E-state index contributed by atoms with van der Waals surface area (Å²) in [6.45, 7) is 8.52. The van der Waals surface area contributed by atoms with Gasteiger partial charge < -0.3 is 35.3 Å². The van der Waals surface area contributed by atoms with Crippen molar-refractivity contribution in [3.05, 3.63) is 70.6 Å². The molecule has 0 atom stereocenters. The van der Waals surface area contributed by atoms with E-state index in [0.29, 0.717) is 115 Å². The largest absolute Gasteiger partial charge is 0.382 e. The van der Waals surface area contributed by atoms with E-state index in [1.54, 1.807) is 59.0 Å². The van der Waals surface area contributed by atoms with Crippen molar-refractivity contribution in [2.45, 2.75) is 39.4 Å². The Balaban J connectivity index is 1.11. The van der Waals surface area contributed by atoms with E-state index in [0.717, 1.165) is 0 Å². The molecule has 0 unspecified atom stereocenters. The summed E-state index contributed by atoms with van der Waals surface area (Å²) in [4.78, 5) is 96.5. The molecule has 0 aromatic carbocycles. The van der Waals surface area contributed by atoms with Crippen LogP contribution in [0, 0.1) is 6.92 Å². The van der Waals surface area contributed by atoms with Crippen LogP contribution in [0.2, 0.25) is 0 Å². The second-order valence-electron chi connectivity index (χ2n) is 13.3. The number of imidazole rings is 2. The van der Waals surface area contributed by atoms with Gasteiger partial charge in [-0.1, -0.05) is 6.08 Å². The lowest BCUT2D eigenvalue weighted by molar-refractivity contribution is -0.131. The summed E-state index contributed by atoms with van der Waals surface area (Å²) in [5, 5.41) is 0. The van der Waals surface area contributed by atoms with Crippen molar-refractivity contribution in [2.24, 2.45) is 0 Å². The molecular formula is C36H49N15O5S3. The molecule has 0 aliphatic rings. The fourth-order valence-corrected chi connectivity index (χ4v) is 8.06. The first-order valence-corrected chi connectivity index (χ1v) is 21.8. The third-order valence-corrected chi connectivity index (χ3v) is 11.4. The Morgan fingerprint density at radius 1 is 0.746 bits per heavy atom. The zero-order valence-electron chi connectivity index (χ0n) is 32.8. The van der Waals surface area contributed by atoms with E-state index >= 15 is 0 Å². The molecule has 0 aliphatic heterocycles. The molecule has 59 heavy (non-hydrogen) atoms. The Labute approximate surface area is 353 Å². The van der Waals surface area contributed by atoms with Crippen LogP contribution >= 0.6 is 36.2 Å². The number of hydrogen-bond acceptors (Lipinski definition) is 16. The molecule has 0 saturated carbocycles. The van der Waals surface area contributed by atoms with E-state index in [2.05, 4.69) is 54.1 Å². The van der Waals surface area contributed by atoms with Crippen LogP contribution in [-0.4, -0.2) is 149 Å². The Hall–Kier alpha value is -5.42. The molecule has 316 valence electrons. The fourth-order valence-electron chi connectivity index (χ4n) is 6.07. The number of nitrogens with two attached hydrogens (primary N) is 2. The summed E-state index contributed by atoms with van der Waals surface area (Å²) in [5.74, 6) is 3.08. The molecular weight excluding hydrogens is 819 g/mol. The number of rotatable bonds is 24. The third kappa shape index (κ3) is 12.3. The summed E-state index contributed by atoms with van der Waals surface area (Å²) >= 11 is 7.51. The molecule has 0 bridgehead atoms. The van der Waals surface area contributed by atoms with E-state index in [-0.39, 0.29) is 43.0 Å². The van der Waals surface area contributed by atoms with Gasteiger partial charge in [0.2, 0.25) is 17.7 Å². The number of anilines is 2. The van der Waals surface area contributed by atoms with Crippen LogP contribution in [0.5, 0.6) is 0 Å². The molecule has 20 nitrogen and oxygen atoms in total. The van der Waals surface area contributed by atoms with Gasteiger partial charge in [-0.3, -0.25) is 28.7 Å². The van der Waals surface area contributed by atoms with E-state index in [1.165, 1.54) is 23.4 Å². The van der Waals surface area contributed by atoms with Crippen LogP contribution in [-0.2, 0) is 34.0 Å². The molecule has 0 fully saturated rings. The highest BCUT2D eigenvalue weighted by molar-refractivity contribution is 7.99. The second kappa shape index (κ2) is 22.1. The number of thioether (sulfide) groups is 2. The molecule has 0 spiro atoms. The number of nitrogens with one attached hydrogen (secondary N) is 1. The summed E-state index contributed by atoms with van der Waals surface area (Å²) in [7, 11) is 0. The Morgan fingerprint density at radius 3 is 1.80 bits per heavy atom. The molecule has 5 heterocycles. The quantitative estimate of drug-likeness (QED) is 0.0375. The first-order valence-electron chi connectivity index (χ1n) is 18.8. The van der Waals surface area contributed by atoms with Gasteiger partial charge in [-0.2, -0.15) is 36.2 Å². The van der Waals surface area contributed by atoms with E-state index in [1.807, 2.05) is 14.0 Å². The Kier molecular flexibility index (Phi) is 16.7. The van der Waals surface area contributed by atoms with E-state index < -0.39 is 11.2 Å². The molecule has 23 heteroatoms. The van der Waals surface area contributed by atoms with Crippen LogP contribution in [0.4, 0.5) is 11.6 Å². The van der Waals surface area contributed by atoms with Crippen LogP contribution < -0.4 is 22.7 Å². The Bertz CT molecular complexity index is 2350. The molecule has 5 N–H and O–H groups in total. The van der Waals surface area contributed by atoms with Crippen LogP contribution in [0.25, 0.3) is 22.3 Å². The summed E-state index contributed by atoms with van der Waals surface area (Å²) in [6, 6.07) is 0. The average molecular weight is 868 g/mol. The van der Waals surface area contributed by atoms with Crippen molar-refractivity contribution < 1.29 is 14.4 Å². The fraction of sp³-hybridized carbons (Fsp3) is 0.472. The number of aromatic amines is 1. The molecule has 5 rings (SSSR count). The normalized spacial score (nSPS) is 11.3.